The summed E-state index contributed by atoms with van der Waals surface area (Å²) in [6.07, 6.45) is 0. The molecule has 0 aliphatic rings. The van der Waals surface area contributed by atoms with Gasteiger partial charge in [-0.2, -0.15) is 0 Å². The summed E-state index contributed by atoms with van der Waals surface area (Å²) in [4.78, 5) is 11.8. The molecular formula is C11H17N3O3S. The number of benzene rings is 1. The van der Waals surface area contributed by atoms with Crippen LogP contribution in [0.1, 0.15) is 13.8 Å². The molecular weight excluding hydrogens is 254 g/mol. The first-order valence-electron chi connectivity index (χ1n) is 5.31. The van der Waals surface area contributed by atoms with Gasteiger partial charge in [-0.25, -0.2) is 13.6 Å². The fraction of sp³-hybridized carbons (Fsp3) is 0.364. The molecule has 0 fully saturated rings. The third-order valence-electron chi connectivity index (χ3n) is 2.55. The lowest BCUT2D eigenvalue weighted by molar-refractivity contribution is -0.123. The Morgan fingerprint density at radius 3 is 2.50 bits per heavy atom. The van der Waals surface area contributed by atoms with E-state index in [-0.39, 0.29) is 17.3 Å². The Hall–Kier alpha value is -1.44. The Morgan fingerprint density at radius 1 is 1.39 bits per heavy atom. The molecule has 0 spiro atoms. The molecule has 1 rings (SSSR count). The number of carbonyl (C=O) groups is 1. The molecule has 5 N–H and O–H groups in total. The SMILES string of the molecule is CC(C)(CN)C(=O)Nc1cccc(S(N)(=O)=O)c1. The van der Waals surface area contributed by atoms with Crippen LogP contribution < -0.4 is 16.2 Å². The van der Waals surface area contributed by atoms with E-state index in [0.717, 1.165) is 0 Å². The summed E-state index contributed by atoms with van der Waals surface area (Å²) in [6, 6.07) is 5.75. The Labute approximate surface area is 106 Å². The van der Waals surface area contributed by atoms with Gasteiger partial charge >= 0.3 is 0 Å². The second-order valence-electron chi connectivity index (χ2n) is 4.61. The highest BCUT2D eigenvalue weighted by Crippen LogP contribution is 2.19. The Balaban J connectivity index is 2.97. The topological polar surface area (TPSA) is 115 Å². The largest absolute Gasteiger partial charge is 0.329 e. The van der Waals surface area contributed by atoms with Crippen molar-refractivity contribution in [1.29, 1.82) is 0 Å². The van der Waals surface area contributed by atoms with Crippen LogP contribution in [-0.2, 0) is 14.8 Å². The van der Waals surface area contributed by atoms with Gasteiger partial charge in [0, 0.05) is 12.2 Å². The highest BCUT2D eigenvalue weighted by atomic mass is 32.2. The zero-order chi connectivity index (χ0) is 14.0. The first-order chi connectivity index (χ1) is 8.16. The molecule has 0 unspecified atom stereocenters. The molecule has 0 aromatic heterocycles. The van der Waals surface area contributed by atoms with Crippen molar-refractivity contribution in [2.75, 3.05) is 11.9 Å². The van der Waals surface area contributed by atoms with E-state index >= 15 is 0 Å². The molecule has 100 valence electrons. The maximum Gasteiger partial charge on any atom is 0.238 e. The fourth-order valence-corrected chi connectivity index (χ4v) is 1.70. The van der Waals surface area contributed by atoms with E-state index in [1.807, 2.05) is 0 Å². The molecule has 0 radical (unpaired) electrons. The third kappa shape index (κ3) is 3.52. The van der Waals surface area contributed by atoms with Crippen LogP contribution in [-0.4, -0.2) is 20.9 Å². The van der Waals surface area contributed by atoms with Crippen molar-refractivity contribution in [2.45, 2.75) is 18.7 Å². The Morgan fingerprint density at radius 2 is 2.00 bits per heavy atom. The van der Waals surface area contributed by atoms with Gasteiger partial charge in [0.1, 0.15) is 0 Å². The molecule has 0 atom stereocenters. The monoisotopic (exact) mass is 271 g/mol. The zero-order valence-electron chi connectivity index (χ0n) is 10.3. The summed E-state index contributed by atoms with van der Waals surface area (Å²) in [5.74, 6) is -0.281. The van der Waals surface area contributed by atoms with E-state index in [0.29, 0.717) is 5.69 Å². The number of anilines is 1. The van der Waals surface area contributed by atoms with Gasteiger partial charge in [-0.1, -0.05) is 6.07 Å². The van der Waals surface area contributed by atoms with E-state index in [4.69, 9.17) is 10.9 Å². The van der Waals surface area contributed by atoms with E-state index in [1.165, 1.54) is 18.2 Å². The normalized spacial score (nSPS) is 12.2. The van der Waals surface area contributed by atoms with E-state index < -0.39 is 15.4 Å². The molecule has 18 heavy (non-hydrogen) atoms. The van der Waals surface area contributed by atoms with Crippen molar-refractivity contribution < 1.29 is 13.2 Å². The average molecular weight is 271 g/mol. The van der Waals surface area contributed by atoms with Gasteiger partial charge < -0.3 is 11.1 Å². The molecule has 1 amide bonds. The molecule has 1 aromatic rings. The number of amides is 1. The van der Waals surface area contributed by atoms with Crippen molar-refractivity contribution in [1.82, 2.24) is 0 Å². The molecule has 0 aliphatic heterocycles. The molecule has 7 heteroatoms. The van der Waals surface area contributed by atoms with Crippen LogP contribution in [0.3, 0.4) is 0 Å². The summed E-state index contributed by atoms with van der Waals surface area (Å²) >= 11 is 0. The maximum absolute atomic E-state index is 11.9. The lowest BCUT2D eigenvalue weighted by atomic mass is 9.92. The van der Waals surface area contributed by atoms with Gasteiger partial charge in [-0.3, -0.25) is 4.79 Å². The zero-order valence-corrected chi connectivity index (χ0v) is 11.1. The minimum Gasteiger partial charge on any atom is -0.329 e. The van der Waals surface area contributed by atoms with Gasteiger partial charge in [0.15, 0.2) is 0 Å². The second-order valence-corrected chi connectivity index (χ2v) is 6.18. The molecule has 0 heterocycles. The number of carbonyl (C=O) groups excluding carboxylic acids is 1. The summed E-state index contributed by atoms with van der Waals surface area (Å²) in [7, 11) is -3.78. The van der Waals surface area contributed by atoms with Gasteiger partial charge in [-0.15, -0.1) is 0 Å². The van der Waals surface area contributed by atoms with Crippen LogP contribution in [0, 0.1) is 5.41 Å². The molecule has 1 aromatic carbocycles. The van der Waals surface area contributed by atoms with Gasteiger partial charge in [0.05, 0.1) is 10.3 Å². The first kappa shape index (κ1) is 14.6. The van der Waals surface area contributed by atoms with E-state index in [2.05, 4.69) is 5.32 Å². The number of rotatable bonds is 4. The number of sulfonamides is 1. The third-order valence-corrected chi connectivity index (χ3v) is 3.46. The van der Waals surface area contributed by atoms with Crippen LogP contribution in [0.25, 0.3) is 0 Å². The van der Waals surface area contributed by atoms with Crippen LogP contribution in [0.4, 0.5) is 5.69 Å². The predicted molar refractivity (Wildman–Crippen MR) is 69.3 cm³/mol. The van der Waals surface area contributed by atoms with Crippen molar-refractivity contribution in [2.24, 2.45) is 16.3 Å². The molecule has 6 nitrogen and oxygen atoms in total. The average Bonchev–Trinajstić information content (AvgIpc) is 2.28. The van der Waals surface area contributed by atoms with E-state index in [9.17, 15) is 13.2 Å². The number of primary sulfonamides is 1. The highest BCUT2D eigenvalue weighted by molar-refractivity contribution is 7.89. The Bertz CT molecular complexity index is 552. The number of nitrogens with one attached hydrogen (secondary N) is 1. The number of hydrogen-bond donors (Lipinski definition) is 3. The quantitative estimate of drug-likeness (QED) is 0.728. The van der Waals surface area contributed by atoms with Crippen LogP contribution in [0.2, 0.25) is 0 Å². The van der Waals surface area contributed by atoms with Gasteiger partial charge in [0.2, 0.25) is 15.9 Å². The number of nitrogens with two attached hydrogens (primary N) is 2. The summed E-state index contributed by atoms with van der Waals surface area (Å²) in [5.41, 5.74) is 5.13. The highest BCUT2D eigenvalue weighted by Gasteiger charge is 2.25. The Kier molecular flexibility index (Phi) is 4.10. The minimum absolute atomic E-state index is 0.0501. The minimum atomic E-state index is -3.78. The van der Waals surface area contributed by atoms with E-state index in [1.54, 1.807) is 19.9 Å². The van der Waals surface area contributed by atoms with Gasteiger partial charge in [-0.05, 0) is 32.0 Å². The molecule has 0 saturated heterocycles. The standard InChI is InChI=1S/C11H17N3O3S/c1-11(2,7-12)10(15)14-8-4-3-5-9(6-8)18(13,16)17/h3-6H,7,12H2,1-2H3,(H,14,15)(H2,13,16,17). The van der Waals surface area contributed by atoms with Crippen molar-refractivity contribution in [3.05, 3.63) is 24.3 Å². The predicted octanol–water partition coefficient (Wildman–Crippen LogP) is 0.257. The molecule has 0 aliphatic carbocycles. The van der Waals surface area contributed by atoms with Crippen molar-refractivity contribution >= 4 is 21.6 Å². The van der Waals surface area contributed by atoms with Gasteiger partial charge in [0.25, 0.3) is 0 Å². The lowest BCUT2D eigenvalue weighted by Crippen LogP contribution is -2.37. The van der Waals surface area contributed by atoms with Crippen molar-refractivity contribution in [3.8, 4) is 0 Å². The number of hydrogen-bond acceptors (Lipinski definition) is 4. The summed E-state index contributed by atoms with van der Waals surface area (Å²) in [5, 5.41) is 7.61. The van der Waals surface area contributed by atoms with Crippen LogP contribution in [0.5, 0.6) is 0 Å². The van der Waals surface area contributed by atoms with Crippen LogP contribution >= 0.6 is 0 Å². The summed E-state index contributed by atoms with van der Waals surface area (Å²) < 4.78 is 22.3. The first-order valence-corrected chi connectivity index (χ1v) is 6.86. The lowest BCUT2D eigenvalue weighted by Gasteiger charge is -2.21. The molecule has 0 bridgehead atoms. The smallest absolute Gasteiger partial charge is 0.238 e. The van der Waals surface area contributed by atoms with Crippen molar-refractivity contribution in [3.63, 3.8) is 0 Å². The summed E-state index contributed by atoms with van der Waals surface area (Å²) in [6.45, 7) is 3.59. The van der Waals surface area contributed by atoms with Crippen LogP contribution in [0.15, 0.2) is 29.2 Å². The maximum atomic E-state index is 11.9. The molecule has 0 saturated carbocycles. The second kappa shape index (κ2) is 5.05. The fourth-order valence-electron chi connectivity index (χ4n) is 1.14.